The van der Waals surface area contributed by atoms with Gasteiger partial charge in [0.1, 0.15) is 0 Å². The third-order valence-corrected chi connectivity index (χ3v) is 4.64. The fourth-order valence-electron chi connectivity index (χ4n) is 2.98. The minimum Gasteiger partial charge on any atom is -0.466 e. The highest BCUT2D eigenvalue weighted by atomic mass is 16.5. The van der Waals surface area contributed by atoms with Crippen LogP contribution in [0, 0.1) is 5.92 Å². The van der Waals surface area contributed by atoms with Crippen molar-refractivity contribution in [1.29, 1.82) is 0 Å². The number of ether oxygens (including phenoxy) is 1. The molecule has 0 bridgehead atoms. The molecule has 0 aromatic heterocycles. The first-order valence-electron chi connectivity index (χ1n) is 8.75. The van der Waals surface area contributed by atoms with Gasteiger partial charge in [-0.25, -0.2) is 0 Å². The molecular weight excluding hydrogens is 320 g/mol. The molecule has 1 atom stereocenters. The molecule has 6 heteroatoms. The minimum absolute atomic E-state index is 0.00397. The molecule has 1 aliphatic rings. The Hall–Kier alpha value is -2.21. The van der Waals surface area contributed by atoms with Crippen LogP contribution < -0.4 is 5.32 Å². The van der Waals surface area contributed by atoms with E-state index in [1.807, 2.05) is 13.8 Å². The summed E-state index contributed by atoms with van der Waals surface area (Å²) in [5.41, 5.74) is 1.29. The van der Waals surface area contributed by atoms with Crippen LogP contribution >= 0.6 is 0 Å². The number of hydrogen-bond acceptors (Lipinski definition) is 5. The quantitative estimate of drug-likeness (QED) is 0.633. The smallest absolute Gasteiger partial charge is 0.309 e. The van der Waals surface area contributed by atoms with Gasteiger partial charge in [-0.15, -0.1) is 0 Å². The normalized spacial score (nSPS) is 16.9. The van der Waals surface area contributed by atoms with Crippen LogP contribution in [0.25, 0.3) is 0 Å². The van der Waals surface area contributed by atoms with Crippen LogP contribution in [0.2, 0.25) is 0 Å². The summed E-state index contributed by atoms with van der Waals surface area (Å²) in [6.45, 7) is 6.98. The van der Waals surface area contributed by atoms with Crippen molar-refractivity contribution in [3.63, 3.8) is 0 Å². The standard InChI is InChI=1S/C19H26N2O4/c1-4-25-19(24)16-9-11-21(12-10-16)13(2)18(23)20-17-7-5-15(6-8-17)14(3)22/h5-8,13,16H,4,9-12H2,1-3H3,(H,20,23). The zero-order valence-electron chi connectivity index (χ0n) is 15.1. The molecule has 1 fully saturated rings. The van der Waals surface area contributed by atoms with E-state index in [-0.39, 0.29) is 29.6 Å². The lowest BCUT2D eigenvalue weighted by Crippen LogP contribution is -2.47. The molecule has 1 saturated heterocycles. The zero-order chi connectivity index (χ0) is 18.4. The van der Waals surface area contributed by atoms with Gasteiger partial charge < -0.3 is 10.1 Å². The number of nitrogens with one attached hydrogen (secondary N) is 1. The van der Waals surface area contributed by atoms with Crippen molar-refractivity contribution in [1.82, 2.24) is 4.90 Å². The van der Waals surface area contributed by atoms with Crippen LogP contribution in [0.5, 0.6) is 0 Å². The lowest BCUT2D eigenvalue weighted by Gasteiger charge is -2.34. The van der Waals surface area contributed by atoms with Gasteiger partial charge >= 0.3 is 5.97 Å². The molecule has 1 aromatic carbocycles. The number of ketones is 1. The number of Topliss-reactive ketones (excluding diaryl/α,β-unsaturated/α-hetero) is 1. The monoisotopic (exact) mass is 346 g/mol. The molecular formula is C19H26N2O4. The van der Waals surface area contributed by atoms with Crippen molar-refractivity contribution in [2.75, 3.05) is 25.0 Å². The van der Waals surface area contributed by atoms with Gasteiger partial charge in [-0.2, -0.15) is 0 Å². The summed E-state index contributed by atoms with van der Waals surface area (Å²) in [7, 11) is 0. The van der Waals surface area contributed by atoms with Gasteiger partial charge in [0.05, 0.1) is 18.6 Å². The van der Waals surface area contributed by atoms with E-state index in [2.05, 4.69) is 10.2 Å². The largest absolute Gasteiger partial charge is 0.466 e. The van der Waals surface area contributed by atoms with Gasteiger partial charge in [-0.3, -0.25) is 19.3 Å². The molecule has 0 radical (unpaired) electrons. The maximum atomic E-state index is 12.4. The number of piperidine rings is 1. The molecule has 1 aromatic rings. The number of amides is 1. The first-order chi connectivity index (χ1) is 11.9. The van der Waals surface area contributed by atoms with Gasteiger partial charge in [-0.1, -0.05) is 0 Å². The highest BCUT2D eigenvalue weighted by Gasteiger charge is 2.30. The summed E-state index contributed by atoms with van der Waals surface area (Å²) < 4.78 is 5.07. The Labute approximate surface area is 148 Å². The number of nitrogens with zero attached hydrogens (tertiary/aromatic N) is 1. The van der Waals surface area contributed by atoms with E-state index in [0.29, 0.717) is 43.8 Å². The Kier molecular flexibility index (Phi) is 6.70. The molecule has 2 rings (SSSR count). The maximum absolute atomic E-state index is 12.4. The van der Waals surface area contributed by atoms with E-state index >= 15 is 0 Å². The molecule has 0 spiro atoms. The topological polar surface area (TPSA) is 75.7 Å². The van der Waals surface area contributed by atoms with Crippen LogP contribution in [0.15, 0.2) is 24.3 Å². The molecule has 0 saturated carbocycles. The summed E-state index contributed by atoms with van der Waals surface area (Å²) in [4.78, 5) is 37.6. The number of hydrogen-bond donors (Lipinski definition) is 1. The van der Waals surface area contributed by atoms with E-state index in [1.54, 1.807) is 24.3 Å². The highest BCUT2D eigenvalue weighted by Crippen LogP contribution is 2.21. The van der Waals surface area contributed by atoms with Crippen molar-refractivity contribution in [3.8, 4) is 0 Å². The van der Waals surface area contributed by atoms with Crippen molar-refractivity contribution in [2.24, 2.45) is 5.92 Å². The number of carbonyl (C=O) groups excluding carboxylic acids is 3. The average molecular weight is 346 g/mol. The Bertz CT molecular complexity index is 619. The molecule has 136 valence electrons. The van der Waals surface area contributed by atoms with E-state index < -0.39 is 0 Å². The molecule has 1 amide bonds. The molecule has 1 N–H and O–H groups in total. The Morgan fingerprint density at radius 2 is 1.80 bits per heavy atom. The average Bonchev–Trinajstić information content (AvgIpc) is 2.61. The summed E-state index contributed by atoms with van der Waals surface area (Å²) in [6, 6.07) is 6.58. The summed E-state index contributed by atoms with van der Waals surface area (Å²) in [5, 5.41) is 2.88. The minimum atomic E-state index is -0.282. The highest BCUT2D eigenvalue weighted by molar-refractivity contribution is 5.97. The van der Waals surface area contributed by atoms with Crippen LogP contribution in [0.1, 0.15) is 44.0 Å². The van der Waals surface area contributed by atoms with E-state index in [9.17, 15) is 14.4 Å². The van der Waals surface area contributed by atoms with Crippen LogP contribution in [-0.2, 0) is 14.3 Å². The Morgan fingerprint density at radius 1 is 1.20 bits per heavy atom. The van der Waals surface area contributed by atoms with Gasteiger partial charge in [-0.05, 0) is 71.0 Å². The van der Waals surface area contributed by atoms with Gasteiger partial charge in [0.2, 0.25) is 5.91 Å². The van der Waals surface area contributed by atoms with Crippen molar-refractivity contribution in [3.05, 3.63) is 29.8 Å². The second-order valence-corrected chi connectivity index (χ2v) is 6.36. The number of rotatable bonds is 6. The SMILES string of the molecule is CCOC(=O)C1CCN(C(C)C(=O)Nc2ccc(C(C)=O)cc2)CC1. The van der Waals surface area contributed by atoms with E-state index in [0.717, 1.165) is 0 Å². The van der Waals surface area contributed by atoms with Crippen molar-refractivity contribution in [2.45, 2.75) is 39.7 Å². The lowest BCUT2D eigenvalue weighted by atomic mass is 9.96. The third kappa shape index (κ3) is 5.13. The number of carbonyl (C=O) groups is 3. The van der Waals surface area contributed by atoms with Crippen molar-refractivity contribution >= 4 is 23.3 Å². The number of esters is 1. The molecule has 25 heavy (non-hydrogen) atoms. The fourth-order valence-corrected chi connectivity index (χ4v) is 2.98. The Morgan fingerprint density at radius 3 is 2.32 bits per heavy atom. The number of likely N-dealkylation sites (tertiary alicyclic amines) is 1. The first kappa shape index (κ1) is 19.1. The van der Waals surface area contributed by atoms with E-state index in [4.69, 9.17) is 4.74 Å². The van der Waals surface area contributed by atoms with Crippen LogP contribution in [-0.4, -0.2) is 48.3 Å². The first-order valence-corrected chi connectivity index (χ1v) is 8.75. The maximum Gasteiger partial charge on any atom is 0.309 e. The predicted molar refractivity (Wildman–Crippen MR) is 95.5 cm³/mol. The van der Waals surface area contributed by atoms with E-state index in [1.165, 1.54) is 6.92 Å². The second-order valence-electron chi connectivity index (χ2n) is 6.36. The van der Waals surface area contributed by atoms with Crippen LogP contribution in [0.4, 0.5) is 5.69 Å². The molecule has 6 nitrogen and oxygen atoms in total. The molecule has 1 heterocycles. The fraction of sp³-hybridized carbons (Fsp3) is 0.526. The Balaban J connectivity index is 1.86. The number of benzene rings is 1. The number of anilines is 1. The van der Waals surface area contributed by atoms with Crippen LogP contribution in [0.3, 0.4) is 0 Å². The predicted octanol–water partition coefficient (Wildman–Crippen LogP) is 2.49. The lowest BCUT2D eigenvalue weighted by molar-refractivity contribution is -0.149. The summed E-state index contributed by atoms with van der Waals surface area (Å²) >= 11 is 0. The van der Waals surface area contributed by atoms with Gasteiger partial charge in [0, 0.05) is 11.3 Å². The summed E-state index contributed by atoms with van der Waals surface area (Å²) in [6.07, 6.45) is 1.42. The van der Waals surface area contributed by atoms with Crippen molar-refractivity contribution < 1.29 is 19.1 Å². The molecule has 0 aliphatic carbocycles. The van der Waals surface area contributed by atoms with Gasteiger partial charge in [0.15, 0.2) is 5.78 Å². The zero-order valence-corrected chi connectivity index (χ0v) is 15.1. The van der Waals surface area contributed by atoms with Gasteiger partial charge in [0.25, 0.3) is 0 Å². The summed E-state index contributed by atoms with van der Waals surface area (Å²) in [5.74, 6) is -0.295. The molecule has 1 unspecified atom stereocenters. The second kappa shape index (κ2) is 8.76. The molecule has 1 aliphatic heterocycles. The third-order valence-electron chi connectivity index (χ3n) is 4.64.